The molecule has 0 N–H and O–H groups in total. The Balaban J connectivity index is 2.03. The normalized spacial score (nSPS) is 16.7. The Morgan fingerprint density at radius 3 is 2.58 bits per heavy atom. The number of alkyl halides is 1. The average Bonchev–Trinajstić information content (AvgIpc) is 2.93. The maximum atomic E-state index is 5.43. The molecule has 5 heteroatoms. The third kappa shape index (κ3) is 2.58. The second kappa shape index (κ2) is 5.84. The van der Waals surface area contributed by atoms with Gasteiger partial charge in [-0.15, -0.1) is 10.2 Å². The van der Waals surface area contributed by atoms with E-state index in [2.05, 4.69) is 42.8 Å². The Bertz CT molecular complexity index is 535. The van der Waals surface area contributed by atoms with Gasteiger partial charge in [-0.1, -0.05) is 34.1 Å². The van der Waals surface area contributed by atoms with Gasteiger partial charge in [-0.25, -0.2) is 0 Å². The summed E-state index contributed by atoms with van der Waals surface area (Å²) >= 11 is 3.49. The Labute approximate surface area is 120 Å². The molecule has 1 aromatic heterocycles. The maximum absolute atomic E-state index is 5.43. The molecule has 2 aromatic rings. The highest BCUT2D eigenvalue weighted by molar-refractivity contribution is 9.08. The number of nitrogens with zero attached hydrogens (tertiary/aromatic N) is 3. The third-order valence-electron chi connectivity index (χ3n) is 3.48. The van der Waals surface area contributed by atoms with E-state index in [1.165, 1.54) is 0 Å². The van der Waals surface area contributed by atoms with E-state index in [-0.39, 0.29) is 0 Å². The summed E-state index contributed by atoms with van der Waals surface area (Å²) in [5.74, 6) is 2.45. The lowest BCUT2D eigenvalue weighted by Crippen LogP contribution is -2.18. The zero-order valence-electron chi connectivity index (χ0n) is 10.6. The topological polar surface area (TPSA) is 39.9 Å². The number of halogens is 1. The molecule has 1 aliphatic heterocycles. The molecule has 0 atom stereocenters. The molecule has 0 saturated carbocycles. The molecule has 1 fully saturated rings. The van der Waals surface area contributed by atoms with Gasteiger partial charge in [0.05, 0.1) is 5.33 Å². The molecule has 4 nitrogen and oxygen atoms in total. The number of ether oxygens (including phenoxy) is 1. The SMILES string of the molecule is BrCc1nnc(C2CCOCC2)n1-c1ccccc1. The van der Waals surface area contributed by atoms with Crippen LogP contribution in [0, 0.1) is 0 Å². The van der Waals surface area contributed by atoms with Crippen LogP contribution in [0.25, 0.3) is 5.69 Å². The van der Waals surface area contributed by atoms with E-state index in [1.54, 1.807) is 0 Å². The fraction of sp³-hybridized carbons (Fsp3) is 0.429. The molecular weight excluding hydrogens is 306 g/mol. The second-order valence-corrected chi connectivity index (χ2v) is 5.23. The summed E-state index contributed by atoms with van der Waals surface area (Å²) in [5, 5.41) is 9.43. The Hall–Kier alpha value is -1.20. The minimum absolute atomic E-state index is 0.439. The molecule has 0 spiro atoms. The second-order valence-electron chi connectivity index (χ2n) is 4.67. The number of aromatic nitrogens is 3. The molecule has 0 amide bonds. The highest BCUT2D eigenvalue weighted by Gasteiger charge is 2.23. The number of hydrogen-bond donors (Lipinski definition) is 0. The molecule has 3 rings (SSSR count). The van der Waals surface area contributed by atoms with Gasteiger partial charge >= 0.3 is 0 Å². The van der Waals surface area contributed by atoms with Gasteiger partial charge in [0.25, 0.3) is 0 Å². The van der Waals surface area contributed by atoms with Gasteiger partial charge in [0.15, 0.2) is 0 Å². The zero-order valence-corrected chi connectivity index (χ0v) is 12.2. The summed E-state index contributed by atoms with van der Waals surface area (Å²) in [6, 6.07) is 10.3. The summed E-state index contributed by atoms with van der Waals surface area (Å²) in [6.07, 6.45) is 2.04. The molecule has 100 valence electrons. The Morgan fingerprint density at radius 2 is 1.89 bits per heavy atom. The predicted octanol–water partition coefficient (Wildman–Crippen LogP) is 3.06. The number of para-hydroxylation sites is 1. The Kier molecular flexibility index (Phi) is 3.94. The fourth-order valence-corrected chi connectivity index (χ4v) is 2.86. The van der Waals surface area contributed by atoms with E-state index >= 15 is 0 Å². The molecule has 2 heterocycles. The molecule has 1 aliphatic rings. The quantitative estimate of drug-likeness (QED) is 0.816. The molecule has 19 heavy (non-hydrogen) atoms. The van der Waals surface area contributed by atoms with Crippen LogP contribution in [0.2, 0.25) is 0 Å². The van der Waals surface area contributed by atoms with Gasteiger partial charge in [0.1, 0.15) is 11.6 Å². The van der Waals surface area contributed by atoms with Crippen LogP contribution in [0.1, 0.15) is 30.4 Å². The van der Waals surface area contributed by atoms with Crippen LogP contribution in [0.15, 0.2) is 30.3 Å². The van der Waals surface area contributed by atoms with Crippen molar-refractivity contribution in [3.63, 3.8) is 0 Å². The van der Waals surface area contributed by atoms with Gasteiger partial charge in [0.2, 0.25) is 0 Å². The van der Waals surface area contributed by atoms with E-state index in [0.29, 0.717) is 11.2 Å². The lowest BCUT2D eigenvalue weighted by Gasteiger charge is -2.22. The first-order chi connectivity index (χ1) is 9.40. The Morgan fingerprint density at radius 1 is 1.16 bits per heavy atom. The van der Waals surface area contributed by atoms with Crippen molar-refractivity contribution in [2.75, 3.05) is 13.2 Å². The largest absolute Gasteiger partial charge is 0.381 e. The van der Waals surface area contributed by atoms with Gasteiger partial charge in [-0.05, 0) is 25.0 Å². The average molecular weight is 322 g/mol. The van der Waals surface area contributed by atoms with Crippen molar-refractivity contribution in [2.45, 2.75) is 24.1 Å². The minimum atomic E-state index is 0.439. The van der Waals surface area contributed by atoms with E-state index in [4.69, 9.17) is 4.74 Å². The lowest BCUT2D eigenvalue weighted by atomic mass is 9.99. The first-order valence-corrected chi connectivity index (χ1v) is 7.65. The molecule has 1 saturated heterocycles. The van der Waals surface area contributed by atoms with Crippen molar-refractivity contribution in [1.82, 2.24) is 14.8 Å². The molecular formula is C14H16BrN3O. The monoisotopic (exact) mass is 321 g/mol. The van der Waals surface area contributed by atoms with Gasteiger partial charge in [-0.2, -0.15) is 0 Å². The van der Waals surface area contributed by atoms with Crippen LogP contribution in [-0.2, 0) is 10.1 Å². The van der Waals surface area contributed by atoms with Gasteiger partial charge < -0.3 is 4.74 Å². The summed E-state index contributed by atoms with van der Waals surface area (Å²) in [4.78, 5) is 0. The van der Waals surface area contributed by atoms with Crippen molar-refractivity contribution in [1.29, 1.82) is 0 Å². The van der Waals surface area contributed by atoms with Crippen molar-refractivity contribution in [2.24, 2.45) is 0 Å². The van der Waals surface area contributed by atoms with Crippen LogP contribution in [0.4, 0.5) is 0 Å². The first-order valence-electron chi connectivity index (χ1n) is 6.53. The zero-order chi connectivity index (χ0) is 13.1. The number of hydrogen-bond acceptors (Lipinski definition) is 3. The van der Waals surface area contributed by atoms with Crippen molar-refractivity contribution in [3.05, 3.63) is 42.0 Å². The van der Waals surface area contributed by atoms with E-state index < -0.39 is 0 Å². The van der Waals surface area contributed by atoms with Crippen LogP contribution < -0.4 is 0 Å². The van der Waals surface area contributed by atoms with Crippen molar-refractivity contribution in [3.8, 4) is 5.69 Å². The van der Waals surface area contributed by atoms with E-state index in [0.717, 1.165) is 43.4 Å². The minimum Gasteiger partial charge on any atom is -0.381 e. The van der Waals surface area contributed by atoms with E-state index in [1.807, 2.05) is 18.2 Å². The van der Waals surface area contributed by atoms with Gasteiger partial charge in [-0.3, -0.25) is 4.57 Å². The van der Waals surface area contributed by atoms with Gasteiger partial charge in [0, 0.05) is 24.8 Å². The number of benzene rings is 1. The van der Waals surface area contributed by atoms with Crippen LogP contribution in [0.3, 0.4) is 0 Å². The van der Waals surface area contributed by atoms with Crippen molar-refractivity contribution >= 4 is 15.9 Å². The summed E-state index contributed by atoms with van der Waals surface area (Å²) in [7, 11) is 0. The molecule has 0 aliphatic carbocycles. The molecule has 0 unspecified atom stereocenters. The fourth-order valence-electron chi connectivity index (χ4n) is 2.50. The third-order valence-corrected chi connectivity index (χ3v) is 3.98. The highest BCUT2D eigenvalue weighted by Crippen LogP contribution is 2.28. The predicted molar refractivity (Wildman–Crippen MR) is 76.8 cm³/mol. The van der Waals surface area contributed by atoms with Crippen LogP contribution in [0.5, 0.6) is 0 Å². The highest BCUT2D eigenvalue weighted by atomic mass is 79.9. The molecule has 0 bridgehead atoms. The first kappa shape index (κ1) is 12.8. The summed E-state index contributed by atoms with van der Waals surface area (Å²) < 4.78 is 7.60. The van der Waals surface area contributed by atoms with Crippen LogP contribution >= 0.6 is 15.9 Å². The molecule has 1 aromatic carbocycles. The summed E-state index contributed by atoms with van der Waals surface area (Å²) in [5.41, 5.74) is 1.13. The lowest BCUT2D eigenvalue weighted by molar-refractivity contribution is 0.0832. The standard InChI is InChI=1S/C14H16BrN3O/c15-10-13-16-17-14(11-6-8-19-9-7-11)18(13)12-4-2-1-3-5-12/h1-5,11H,6-10H2. The molecule has 0 radical (unpaired) electrons. The maximum Gasteiger partial charge on any atom is 0.148 e. The smallest absolute Gasteiger partial charge is 0.148 e. The van der Waals surface area contributed by atoms with E-state index in [9.17, 15) is 0 Å². The number of rotatable bonds is 3. The van der Waals surface area contributed by atoms with Crippen LogP contribution in [-0.4, -0.2) is 28.0 Å². The van der Waals surface area contributed by atoms with Crippen molar-refractivity contribution < 1.29 is 4.74 Å². The summed E-state index contributed by atoms with van der Waals surface area (Å²) in [6.45, 7) is 1.63.